The van der Waals surface area contributed by atoms with Crippen LogP contribution in [0.4, 0.5) is 15.0 Å². The predicted molar refractivity (Wildman–Crippen MR) is 144 cm³/mol. The Labute approximate surface area is 225 Å². The highest BCUT2D eigenvalue weighted by Crippen LogP contribution is 2.32. The van der Waals surface area contributed by atoms with Crippen LogP contribution in [-0.4, -0.2) is 56.8 Å². The quantitative estimate of drug-likeness (QED) is 0.430. The molecule has 11 heteroatoms. The molecule has 3 aromatic rings. The number of nitrogens with zero attached hydrogens (tertiary/aromatic N) is 6. The van der Waals surface area contributed by atoms with Gasteiger partial charge in [-0.1, -0.05) is 37.6 Å². The van der Waals surface area contributed by atoms with Gasteiger partial charge in [0.1, 0.15) is 17.5 Å². The van der Waals surface area contributed by atoms with Gasteiger partial charge in [-0.2, -0.15) is 10.2 Å². The molecule has 38 heavy (non-hydrogen) atoms. The number of fused-ring (bicyclic) bond motifs is 1. The summed E-state index contributed by atoms with van der Waals surface area (Å²) < 4.78 is 21.5. The fraction of sp³-hybridized carbons (Fsp3) is 0.444. The van der Waals surface area contributed by atoms with Crippen LogP contribution in [0.3, 0.4) is 0 Å². The number of anilines is 1. The van der Waals surface area contributed by atoms with Crippen molar-refractivity contribution in [3.8, 4) is 11.8 Å². The molecule has 0 N–H and O–H groups in total. The number of carbonyl (C=O) groups excluding carboxylic acids is 1. The maximum Gasteiger partial charge on any atom is 0.410 e. The molecule has 0 spiro atoms. The van der Waals surface area contributed by atoms with E-state index in [-0.39, 0.29) is 34.4 Å². The summed E-state index contributed by atoms with van der Waals surface area (Å²) in [7, 11) is 0. The Balaban J connectivity index is 1.87. The lowest BCUT2D eigenvalue weighted by Gasteiger charge is -2.41. The van der Waals surface area contributed by atoms with E-state index in [0.717, 1.165) is 5.56 Å². The molecule has 1 atom stereocenters. The Bertz CT molecular complexity index is 1510. The van der Waals surface area contributed by atoms with Crippen LogP contribution in [0.5, 0.6) is 0 Å². The standard InChI is InChI=1S/C27H30ClFN6O3/c1-15(2)18-9-7-8-17(13-30)21(18)35-24-19(12-20(29)22(28)31-24)23(32-25(35)36)34-11-10-33(14-16(34)3)26(37)38-27(4,5)6/h7-9,12,15-16H,10-11,14H2,1-6H3/t16-/m0/s1. The molecule has 0 aliphatic carbocycles. The largest absolute Gasteiger partial charge is 0.444 e. The number of aromatic nitrogens is 3. The third-order valence-corrected chi connectivity index (χ3v) is 6.61. The monoisotopic (exact) mass is 540 g/mol. The molecule has 4 rings (SSSR count). The van der Waals surface area contributed by atoms with Gasteiger partial charge >= 0.3 is 11.8 Å². The van der Waals surface area contributed by atoms with Crippen LogP contribution in [0, 0.1) is 17.1 Å². The Hall–Kier alpha value is -3.71. The van der Waals surface area contributed by atoms with Crippen molar-refractivity contribution < 1.29 is 13.9 Å². The summed E-state index contributed by atoms with van der Waals surface area (Å²) in [6, 6.07) is 8.27. The van der Waals surface area contributed by atoms with E-state index >= 15 is 0 Å². The van der Waals surface area contributed by atoms with Gasteiger partial charge < -0.3 is 14.5 Å². The van der Waals surface area contributed by atoms with Gasteiger partial charge in [0, 0.05) is 25.7 Å². The van der Waals surface area contributed by atoms with E-state index in [1.807, 2.05) is 31.7 Å². The van der Waals surface area contributed by atoms with Crippen LogP contribution >= 0.6 is 11.6 Å². The van der Waals surface area contributed by atoms with Crippen molar-refractivity contribution in [1.29, 1.82) is 5.26 Å². The van der Waals surface area contributed by atoms with Gasteiger partial charge in [0.05, 0.1) is 16.6 Å². The lowest BCUT2D eigenvalue weighted by molar-refractivity contribution is 0.0218. The van der Waals surface area contributed by atoms with Crippen molar-refractivity contribution in [3.05, 3.63) is 56.8 Å². The van der Waals surface area contributed by atoms with Gasteiger partial charge in [-0.3, -0.25) is 0 Å². The fourth-order valence-corrected chi connectivity index (χ4v) is 4.77. The molecule has 9 nitrogen and oxygen atoms in total. The van der Waals surface area contributed by atoms with E-state index in [0.29, 0.717) is 25.3 Å². The Morgan fingerprint density at radius 1 is 1.26 bits per heavy atom. The Morgan fingerprint density at radius 2 is 1.97 bits per heavy atom. The number of benzene rings is 1. The molecule has 1 aromatic carbocycles. The van der Waals surface area contributed by atoms with Crippen molar-refractivity contribution in [2.24, 2.45) is 0 Å². The molecular weight excluding hydrogens is 511 g/mol. The maximum absolute atomic E-state index is 14.8. The number of hydrogen-bond donors (Lipinski definition) is 0. The first kappa shape index (κ1) is 27.3. The van der Waals surface area contributed by atoms with Crippen LogP contribution < -0.4 is 10.6 Å². The van der Waals surface area contributed by atoms with Gasteiger partial charge in [-0.05, 0) is 51.3 Å². The number of amides is 1. The summed E-state index contributed by atoms with van der Waals surface area (Å²) in [6.45, 7) is 12.2. The molecule has 1 saturated heterocycles. The third kappa shape index (κ3) is 5.16. The van der Waals surface area contributed by atoms with Gasteiger partial charge in [0.15, 0.2) is 16.6 Å². The number of carbonyl (C=O) groups is 1. The maximum atomic E-state index is 14.8. The predicted octanol–water partition coefficient (Wildman–Crippen LogP) is 5.01. The number of rotatable bonds is 3. The van der Waals surface area contributed by atoms with Crippen LogP contribution in [0.2, 0.25) is 5.15 Å². The average molecular weight is 541 g/mol. The molecule has 0 bridgehead atoms. The second kappa shape index (κ2) is 10.2. The molecule has 2 aromatic heterocycles. The van der Waals surface area contributed by atoms with Crippen molar-refractivity contribution in [2.75, 3.05) is 24.5 Å². The van der Waals surface area contributed by atoms with Crippen LogP contribution in [0.1, 0.15) is 58.6 Å². The number of nitriles is 1. The van der Waals surface area contributed by atoms with Crippen molar-refractivity contribution >= 4 is 34.5 Å². The van der Waals surface area contributed by atoms with Crippen molar-refractivity contribution in [2.45, 2.75) is 59.1 Å². The molecule has 0 saturated carbocycles. The van der Waals surface area contributed by atoms with E-state index in [1.54, 1.807) is 37.8 Å². The lowest BCUT2D eigenvalue weighted by atomic mass is 9.97. The summed E-state index contributed by atoms with van der Waals surface area (Å²) in [5, 5.41) is 9.71. The average Bonchev–Trinajstić information content (AvgIpc) is 2.83. The zero-order valence-corrected chi connectivity index (χ0v) is 23.0. The first-order valence-electron chi connectivity index (χ1n) is 12.4. The van der Waals surface area contributed by atoms with Crippen LogP contribution in [0.15, 0.2) is 29.1 Å². The van der Waals surface area contributed by atoms with E-state index in [9.17, 15) is 19.2 Å². The summed E-state index contributed by atoms with van der Waals surface area (Å²) in [6.07, 6.45) is -0.425. The third-order valence-electron chi connectivity index (χ3n) is 6.34. The summed E-state index contributed by atoms with van der Waals surface area (Å²) in [4.78, 5) is 38.3. The summed E-state index contributed by atoms with van der Waals surface area (Å²) in [5.41, 5.74) is 0.139. The van der Waals surface area contributed by atoms with Gasteiger partial charge in [-0.25, -0.2) is 23.5 Å². The SMILES string of the molecule is CC(C)c1cccc(C#N)c1-n1c(=O)nc(N2CCN(C(=O)OC(C)(C)C)C[C@@H]2C)c2cc(F)c(Cl)nc21. The molecule has 1 amide bonds. The van der Waals surface area contributed by atoms with E-state index in [1.165, 1.54) is 10.6 Å². The van der Waals surface area contributed by atoms with E-state index in [2.05, 4.69) is 16.0 Å². The Morgan fingerprint density at radius 3 is 2.58 bits per heavy atom. The molecule has 0 unspecified atom stereocenters. The zero-order valence-electron chi connectivity index (χ0n) is 22.2. The summed E-state index contributed by atoms with van der Waals surface area (Å²) in [5.74, 6) is -0.553. The minimum absolute atomic E-state index is 0.0307. The number of halogens is 2. The van der Waals surface area contributed by atoms with E-state index in [4.69, 9.17) is 16.3 Å². The molecule has 1 fully saturated rings. The highest BCUT2D eigenvalue weighted by atomic mass is 35.5. The summed E-state index contributed by atoms with van der Waals surface area (Å²) >= 11 is 6.09. The van der Waals surface area contributed by atoms with Gasteiger partial charge in [0.25, 0.3) is 0 Å². The number of piperazine rings is 1. The molecular formula is C27H30ClFN6O3. The zero-order chi connectivity index (χ0) is 27.9. The molecule has 200 valence electrons. The molecule has 1 aliphatic rings. The number of ether oxygens (including phenoxy) is 1. The minimum Gasteiger partial charge on any atom is -0.444 e. The molecule has 3 heterocycles. The van der Waals surface area contributed by atoms with E-state index < -0.39 is 28.4 Å². The van der Waals surface area contributed by atoms with Crippen LogP contribution in [0.25, 0.3) is 16.7 Å². The molecule has 1 aliphatic heterocycles. The van der Waals surface area contributed by atoms with Crippen molar-refractivity contribution in [3.63, 3.8) is 0 Å². The first-order valence-corrected chi connectivity index (χ1v) is 12.8. The van der Waals surface area contributed by atoms with Gasteiger partial charge in [0.2, 0.25) is 0 Å². The number of para-hydroxylation sites is 1. The highest BCUT2D eigenvalue weighted by molar-refractivity contribution is 6.30. The Kier molecular flexibility index (Phi) is 7.35. The normalized spacial score (nSPS) is 16.2. The second-order valence-corrected chi connectivity index (χ2v) is 11.0. The topological polar surface area (TPSA) is 104 Å². The first-order chi connectivity index (χ1) is 17.8. The number of pyridine rings is 1. The second-order valence-electron chi connectivity index (χ2n) is 10.7. The minimum atomic E-state index is -0.759. The molecule has 0 radical (unpaired) electrons. The van der Waals surface area contributed by atoms with Gasteiger partial charge in [-0.15, -0.1) is 0 Å². The lowest BCUT2D eigenvalue weighted by Crippen LogP contribution is -2.55. The fourth-order valence-electron chi connectivity index (χ4n) is 4.64. The van der Waals surface area contributed by atoms with Crippen LogP contribution in [-0.2, 0) is 4.74 Å². The smallest absolute Gasteiger partial charge is 0.410 e. The number of hydrogen-bond acceptors (Lipinski definition) is 7. The highest BCUT2D eigenvalue weighted by Gasteiger charge is 2.32. The van der Waals surface area contributed by atoms with Crippen molar-refractivity contribution in [1.82, 2.24) is 19.4 Å².